The monoisotopic (exact) mass is 296 g/mol. The van der Waals surface area contributed by atoms with Crippen molar-refractivity contribution in [2.75, 3.05) is 6.61 Å². The number of carbonyl (C=O) groups excluding carboxylic acids is 1. The number of hydrogen-bond donors (Lipinski definition) is 1. The highest BCUT2D eigenvalue weighted by Crippen LogP contribution is 2.40. The second kappa shape index (κ2) is 7.62. The van der Waals surface area contributed by atoms with Gasteiger partial charge in [-0.1, -0.05) is 52.7 Å². The van der Waals surface area contributed by atoms with E-state index in [0.717, 1.165) is 18.4 Å². The molecule has 0 saturated carbocycles. The molecule has 1 N–H and O–H groups in total. The van der Waals surface area contributed by atoms with Crippen molar-refractivity contribution >= 4 is 11.9 Å². The Bertz CT molecular complexity index is 413. The van der Waals surface area contributed by atoms with Crippen LogP contribution in [0.2, 0.25) is 0 Å². The van der Waals surface area contributed by atoms with E-state index in [1.165, 1.54) is 0 Å². The molecule has 0 spiro atoms. The van der Waals surface area contributed by atoms with Crippen molar-refractivity contribution in [1.82, 2.24) is 0 Å². The number of ether oxygens (including phenoxy) is 1. The summed E-state index contributed by atoms with van der Waals surface area (Å²) in [5.41, 5.74) is 1.13. The van der Waals surface area contributed by atoms with Crippen LogP contribution in [0.15, 0.2) is 11.6 Å². The number of allylic oxidation sites excluding steroid dienone is 2. The summed E-state index contributed by atoms with van der Waals surface area (Å²) in [6.07, 6.45) is 3.81. The second-order valence-electron chi connectivity index (χ2n) is 6.28. The van der Waals surface area contributed by atoms with Gasteiger partial charge >= 0.3 is 11.9 Å². The Balaban J connectivity index is 2.94. The third-order valence-electron chi connectivity index (χ3n) is 4.73. The Kier molecular flexibility index (Phi) is 6.43. The van der Waals surface area contributed by atoms with Crippen LogP contribution < -0.4 is 0 Å². The average Bonchev–Trinajstić information content (AvgIpc) is 2.45. The van der Waals surface area contributed by atoms with Crippen LogP contribution in [-0.4, -0.2) is 23.7 Å². The van der Waals surface area contributed by atoms with Crippen LogP contribution in [0.4, 0.5) is 0 Å². The molecule has 0 aliphatic heterocycles. The van der Waals surface area contributed by atoms with E-state index in [-0.39, 0.29) is 17.8 Å². The fourth-order valence-electron chi connectivity index (χ4n) is 3.07. The van der Waals surface area contributed by atoms with Gasteiger partial charge in [0.1, 0.15) is 0 Å². The summed E-state index contributed by atoms with van der Waals surface area (Å²) in [5, 5.41) is 9.55. The zero-order chi connectivity index (χ0) is 16.2. The number of esters is 1. The van der Waals surface area contributed by atoms with Crippen LogP contribution in [0.5, 0.6) is 0 Å². The largest absolute Gasteiger partial charge is 0.481 e. The van der Waals surface area contributed by atoms with Crippen LogP contribution in [0.25, 0.3) is 0 Å². The second-order valence-corrected chi connectivity index (χ2v) is 6.28. The lowest BCUT2D eigenvalue weighted by molar-refractivity contribution is -0.162. The predicted octanol–water partition coefficient (Wildman–Crippen LogP) is 3.51. The fourth-order valence-corrected chi connectivity index (χ4v) is 3.07. The summed E-state index contributed by atoms with van der Waals surface area (Å²) in [6, 6.07) is 0. The highest BCUT2D eigenvalue weighted by molar-refractivity contribution is 5.82. The minimum absolute atomic E-state index is 0.0957. The molecule has 4 nitrogen and oxygen atoms in total. The van der Waals surface area contributed by atoms with Crippen LogP contribution >= 0.6 is 0 Å². The smallest absolute Gasteiger partial charge is 0.310 e. The van der Waals surface area contributed by atoms with Crippen molar-refractivity contribution in [3.8, 4) is 0 Å². The summed E-state index contributed by atoms with van der Waals surface area (Å²) in [7, 11) is 0. The Morgan fingerprint density at radius 3 is 2.38 bits per heavy atom. The molecule has 0 amide bonds. The summed E-state index contributed by atoms with van der Waals surface area (Å²) >= 11 is 0. The maximum absolute atomic E-state index is 12.4. The fraction of sp³-hybridized carbons (Fsp3) is 0.765. The molecule has 0 aromatic carbocycles. The van der Waals surface area contributed by atoms with E-state index in [1.54, 1.807) is 0 Å². The summed E-state index contributed by atoms with van der Waals surface area (Å²) < 4.78 is 5.37. The number of carboxylic acids is 1. The molecule has 0 saturated heterocycles. The van der Waals surface area contributed by atoms with Crippen molar-refractivity contribution in [2.24, 2.45) is 29.6 Å². The first-order chi connectivity index (χ1) is 9.83. The minimum Gasteiger partial charge on any atom is -0.481 e. The van der Waals surface area contributed by atoms with E-state index in [0.29, 0.717) is 12.5 Å². The molecular formula is C17H28O4. The van der Waals surface area contributed by atoms with Crippen LogP contribution in [0.3, 0.4) is 0 Å². The van der Waals surface area contributed by atoms with Gasteiger partial charge in [-0.15, -0.1) is 0 Å². The average molecular weight is 296 g/mol. The molecule has 1 rings (SSSR count). The van der Waals surface area contributed by atoms with Crippen LogP contribution in [0.1, 0.15) is 47.5 Å². The lowest BCUT2D eigenvalue weighted by Crippen LogP contribution is -2.42. The summed E-state index contributed by atoms with van der Waals surface area (Å²) in [5.74, 6) is -2.46. The molecule has 0 radical (unpaired) electrons. The topological polar surface area (TPSA) is 63.6 Å². The van der Waals surface area contributed by atoms with E-state index < -0.39 is 17.8 Å². The van der Waals surface area contributed by atoms with Crippen molar-refractivity contribution in [1.29, 1.82) is 0 Å². The Morgan fingerprint density at radius 1 is 1.29 bits per heavy atom. The van der Waals surface area contributed by atoms with E-state index in [4.69, 9.17) is 4.74 Å². The predicted molar refractivity (Wildman–Crippen MR) is 81.7 cm³/mol. The molecule has 0 fully saturated rings. The zero-order valence-electron chi connectivity index (χ0n) is 13.8. The van der Waals surface area contributed by atoms with Gasteiger partial charge in [-0.25, -0.2) is 0 Å². The lowest BCUT2D eigenvalue weighted by atomic mass is 9.67. The molecule has 120 valence electrons. The zero-order valence-corrected chi connectivity index (χ0v) is 13.8. The van der Waals surface area contributed by atoms with Gasteiger partial charge in [0.25, 0.3) is 0 Å². The van der Waals surface area contributed by atoms with Crippen LogP contribution in [0, 0.1) is 29.6 Å². The number of rotatable bonds is 6. The first-order valence-corrected chi connectivity index (χ1v) is 7.93. The summed E-state index contributed by atoms with van der Waals surface area (Å²) in [6.45, 7) is 10.3. The highest BCUT2D eigenvalue weighted by atomic mass is 16.5. The molecular weight excluding hydrogens is 268 g/mol. The number of carbonyl (C=O) groups is 2. The van der Waals surface area contributed by atoms with Crippen molar-refractivity contribution in [2.45, 2.75) is 47.5 Å². The summed E-state index contributed by atoms with van der Waals surface area (Å²) in [4.78, 5) is 24.0. The first kappa shape index (κ1) is 17.7. The van der Waals surface area contributed by atoms with Gasteiger partial charge < -0.3 is 9.84 Å². The van der Waals surface area contributed by atoms with Crippen molar-refractivity contribution in [3.05, 3.63) is 11.6 Å². The quantitative estimate of drug-likeness (QED) is 0.601. The molecule has 1 aliphatic carbocycles. The maximum Gasteiger partial charge on any atom is 0.310 e. The molecule has 1 aliphatic rings. The number of hydrogen-bond acceptors (Lipinski definition) is 3. The standard InChI is InChI=1S/C17H28O4/c1-6-10(3)9-21-17(20)14-11(4)8-13(7-2)12(5)15(14)16(18)19/h8,10-12,14-15H,6-7,9H2,1-5H3,(H,18,19). The van der Waals surface area contributed by atoms with Gasteiger partial charge in [-0.2, -0.15) is 0 Å². The van der Waals surface area contributed by atoms with Crippen molar-refractivity contribution in [3.63, 3.8) is 0 Å². The Labute approximate surface area is 127 Å². The lowest BCUT2D eigenvalue weighted by Gasteiger charge is -2.36. The third kappa shape index (κ3) is 4.08. The van der Waals surface area contributed by atoms with Gasteiger partial charge in [0, 0.05) is 0 Å². The normalized spacial score (nSPS) is 30.4. The van der Waals surface area contributed by atoms with Gasteiger partial charge in [0.15, 0.2) is 0 Å². The third-order valence-corrected chi connectivity index (χ3v) is 4.73. The van der Waals surface area contributed by atoms with Crippen molar-refractivity contribution < 1.29 is 19.4 Å². The van der Waals surface area contributed by atoms with E-state index in [2.05, 4.69) is 6.08 Å². The highest BCUT2D eigenvalue weighted by Gasteiger charge is 2.45. The van der Waals surface area contributed by atoms with E-state index >= 15 is 0 Å². The molecule has 4 heteroatoms. The molecule has 0 heterocycles. The van der Waals surface area contributed by atoms with Gasteiger partial charge in [-0.05, 0) is 24.2 Å². The number of carboxylic acid groups (broad SMARTS) is 1. The van der Waals surface area contributed by atoms with Crippen LogP contribution in [-0.2, 0) is 14.3 Å². The Hall–Kier alpha value is -1.32. The van der Waals surface area contributed by atoms with Gasteiger partial charge in [0.05, 0.1) is 18.4 Å². The molecule has 0 aromatic rings. The maximum atomic E-state index is 12.4. The van der Waals surface area contributed by atoms with Gasteiger partial charge in [0.2, 0.25) is 0 Å². The molecule has 5 unspecified atom stereocenters. The van der Waals surface area contributed by atoms with E-state index in [1.807, 2.05) is 34.6 Å². The molecule has 0 bridgehead atoms. The van der Waals surface area contributed by atoms with E-state index in [9.17, 15) is 14.7 Å². The SMILES string of the molecule is CCC1=CC(C)C(C(=O)OCC(C)CC)C(C(=O)O)C1C. The molecule has 5 atom stereocenters. The molecule has 0 aromatic heterocycles. The Morgan fingerprint density at radius 2 is 1.90 bits per heavy atom. The number of aliphatic carboxylic acids is 1. The molecule has 21 heavy (non-hydrogen) atoms. The van der Waals surface area contributed by atoms with Gasteiger partial charge in [-0.3, -0.25) is 9.59 Å². The first-order valence-electron chi connectivity index (χ1n) is 7.93. The minimum atomic E-state index is -0.904.